The normalized spacial score (nSPS) is 13.1. The average molecular weight is 365 g/mol. The van der Waals surface area contributed by atoms with Gasteiger partial charge in [-0.2, -0.15) is 13.2 Å². The molecular weight excluding hydrogens is 349 g/mol. The fourth-order valence-corrected chi connectivity index (χ4v) is 1.89. The molecule has 2 heterocycles. The fraction of sp³-hybridized carbons (Fsp3) is 0.308. The van der Waals surface area contributed by atoms with E-state index in [1.807, 2.05) is 0 Å². The van der Waals surface area contributed by atoms with Crippen molar-refractivity contribution >= 4 is 34.9 Å². The number of benzene rings is 1. The molecule has 1 aliphatic heterocycles. The second-order valence-electron chi connectivity index (χ2n) is 4.60. The van der Waals surface area contributed by atoms with Crippen molar-refractivity contribution in [3.63, 3.8) is 0 Å². The summed E-state index contributed by atoms with van der Waals surface area (Å²) >= 11 is 0. The van der Waals surface area contributed by atoms with E-state index in [0.717, 1.165) is 12.1 Å². The van der Waals surface area contributed by atoms with Crippen molar-refractivity contribution in [1.82, 2.24) is 15.1 Å². The summed E-state index contributed by atoms with van der Waals surface area (Å²) in [7, 11) is 1.67. The van der Waals surface area contributed by atoms with Crippen molar-refractivity contribution in [2.75, 3.05) is 24.5 Å². The summed E-state index contributed by atoms with van der Waals surface area (Å²) in [5.41, 5.74) is 5.23. The van der Waals surface area contributed by atoms with Crippen molar-refractivity contribution in [2.45, 2.75) is 13.1 Å². The molecule has 0 aliphatic carbocycles. The van der Waals surface area contributed by atoms with E-state index >= 15 is 0 Å². The molecule has 0 fully saturated rings. The Morgan fingerprint density at radius 3 is 2.42 bits per heavy atom. The maximum absolute atomic E-state index is 12.7. The van der Waals surface area contributed by atoms with Gasteiger partial charge in [0.1, 0.15) is 5.69 Å². The molecule has 3 rings (SSSR count). The van der Waals surface area contributed by atoms with E-state index in [9.17, 15) is 13.2 Å². The van der Waals surface area contributed by atoms with Crippen LogP contribution in [0.4, 0.5) is 24.7 Å². The van der Waals surface area contributed by atoms with Crippen LogP contribution < -0.4 is 16.3 Å². The third kappa shape index (κ3) is 4.22. The van der Waals surface area contributed by atoms with E-state index in [4.69, 9.17) is 10.5 Å². The highest BCUT2D eigenvalue weighted by molar-refractivity contribution is 5.85. The van der Waals surface area contributed by atoms with E-state index in [2.05, 4.69) is 20.8 Å². The summed E-state index contributed by atoms with van der Waals surface area (Å²) < 4.78 is 38.0. The smallest absolute Gasteiger partial charge is 0.397 e. The number of fused-ring (bicyclic) bond motifs is 2. The predicted molar refractivity (Wildman–Crippen MR) is 85.4 cm³/mol. The zero-order valence-electron chi connectivity index (χ0n) is 12.8. The third-order valence-corrected chi connectivity index (χ3v) is 2.79. The third-order valence-electron chi connectivity index (χ3n) is 2.79. The van der Waals surface area contributed by atoms with Gasteiger partial charge < -0.3 is 5.11 Å². The lowest BCUT2D eigenvalue weighted by atomic mass is 10.2. The van der Waals surface area contributed by atoms with Crippen LogP contribution in [-0.4, -0.2) is 33.8 Å². The Labute approximate surface area is 141 Å². The second kappa shape index (κ2) is 7.60. The van der Waals surface area contributed by atoms with Gasteiger partial charge >= 0.3 is 6.18 Å². The van der Waals surface area contributed by atoms with E-state index in [0.29, 0.717) is 11.5 Å². The molecule has 1 aromatic carbocycles. The lowest BCUT2D eigenvalue weighted by Gasteiger charge is -2.08. The van der Waals surface area contributed by atoms with Gasteiger partial charge in [-0.1, -0.05) is 0 Å². The largest absolute Gasteiger partial charge is 0.416 e. The summed E-state index contributed by atoms with van der Waals surface area (Å²) in [5.74, 6) is 0.347. The molecule has 4 N–H and O–H groups in total. The Morgan fingerprint density at radius 1 is 1.21 bits per heavy atom. The van der Waals surface area contributed by atoms with Gasteiger partial charge in [-0.15, -0.1) is 17.5 Å². The van der Waals surface area contributed by atoms with Crippen LogP contribution in [0.2, 0.25) is 0 Å². The molecule has 2 aromatic rings. The minimum Gasteiger partial charge on any atom is -0.397 e. The van der Waals surface area contributed by atoms with Gasteiger partial charge in [-0.05, 0) is 25.1 Å². The molecule has 7 nitrogen and oxygen atoms in total. The number of aliphatic hydroxyl groups excluding tert-OH is 1. The number of aliphatic hydroxyl groups is 1. The number of rotatable bonds is 0. The number of nitrogens with one attached hydrogen (secondary N) is 3. The van der Waals surface area contributed by atoms with Crippen LogP contribution in [0.5, 0.6) is 0 Å². The highest BCUT2D eigenvalue weighted by atomic mass is 35.5. The number of hydrogen-bond acceptors (Lipinski definition) is 7. The van der Waals surface area contributed by atoms with Gasteiger partial charge in [0.2, 0.25) is 0 Å². The number of alkyl halides is 3. The molecule has 0 unspecified atom stereocenters. The van der Waals surface area contributed by atoms with Gasteiger partial charge in [0.25, 0.3) is 0 Å². The Hall–Kier alpha value is -2.17. The molecule has 0 amide bonds. The van der Waals surface area contributed by atoms with Crippen LogP contribution in [0.1, 0.15) is 12.5 Å². The molecule has 1 aromatic heterocycles. The van der Waals surface area contributed by atoms with E-state index in [1.165, 1.54) is 11.2 Å². The van der Waals surface area contributed by atoms with E-state index < -0.39 is 11.7 Å². The molecule has 0 bridgehead atoms. The molecule has 11 heteroatoms. The minimum absolute atomic E-state index is 0. The summed E-state index contributed by atoms with van der Waals surface area (Å²) in [4.78, 5) is 8.08. The van der Waals surface area contributed by atoms with E-state index in [-0.39, 0.29) is 35.5 Å². The van der Waals surface area contributed by atoms with Crippen LogP contribution in [0.25, 0.3) is 11.0 Å². The maximum Gasteiger partial charge on any atom is 0.416 e. The van der Waals surface area contributed by atoms with Crippen LogP contribution in [0.3, 0.4) is 0 Å². The van der Waals surface area contributed by atoms with Gasteiger partial charge in [-0.25, -0.2) is 9.97 Å². The summed E-state index contributed by atoms with van der Waals surface area (Å²) in [5, 5.41) is 16.9. The van der Waals surface area contributed by atoms with Gasteiger partial charge in [-0.3, -0.25) is 16.3 Å². The number of aromatic nitrogens is 2. The van der Waals surface area contributed by atoms with Gasteiger partial charge in [0.05, 0.1) is 16.6 Å². The van der Waals surface area contributed by atoms with Crippen molar-refractivity contribution in [1.29, 1.82) is 5.41 Å². The molecule has 0 saturated carbocycles. The minimum atomic E-state index is -4.45. The first-order valence-electron chi connectivity index (χ1n) is 6.62. The summed E-state index contributed by atoms with van der Waals surface area (Å²) in [6.07, 6.45) is -4.45. The molecule has 132 valence electrons. The van der Waals surface area contributed by atoms with Crippen LogP contribution in [0.15, 0.2) is 18.2 Å². The fourth-order valence-electron chi connectivity index (χ4n) is 1.89. The van der Waals surface area contributed by atoms with Gasteiger partial charge in [0.15, 0.2) is 11.3 Å². The molecule has 0 saturated heterocycles. The Morgan fingerprint density at radius 2 is 1.83 bits per heavy atom. The van der Waals surface area contributed by atoms with E-state index in [1.54, 1.807) is 14.0 Å². The number of hydrazine groups is 2. The summed E-state index contributed by atoms with van der Waals surface area (Å²) in [6, 6.07) is 3.07. The van der Waals surface area contributed by atoms with Crippen LogP contribution >= 0.6 is 12.4 Å². The molecule has 0 atom stereocenters. The van der Waals surface area contributed by atoms with Crippen LogP contribution in [0, 0.1) is 5.41 Å². The predicted octanol–water partition coefficient (Wildman–Crippen LogP) is 2.15. The Balaban J connectivity index is 0.000000671. The Kier molecular flexibility index (Phi) is 6.29. The first kappa shape index (κ1) is 19.9. The standard InChI is InChI=1S/C11H9F3N6.C2H6O.ClH/c1-20-18-8-9(15)16-7-4-5(11(12,13)14)2-3-6(7)17-10(8)19-20;1-2-3;/h2-4,15,18-19H,1H3;3H,2H2,1H3;1H. The lowest BCUT2D eigenvalue weighted by Crippen LogP contribution is -2.25. The van der Waals surface area contributed by atoms with Gasteiger partial charge in [0, 0.05) is 13.7 Å². The second-order valence-corrected chi connectivity index (χ2v) is 4.60. The first-order chi connectivity index (χ1) is 10.8. The maximum atomic E-state index is 12.7. The first-order valence-corrected chi connectivity index (χ1v) is 6.62. The average Bonchev–Trinajstić information content (AvgIpc) is 2.75. The summed E-state index contributed by atoms with van der Waals surface area (Å²) in [6.45, 7) is 1.93. The highest BCUT2D eigenvalue weighted by Crippen LogP contribution is 2.31. The van der Waals surface area contributed by atoms with Crippen LogP contribution in [-0.2, 0) is 6.18 Å². The SMILES string of the molecule is CCO.CN1Nc2nc3ccc(C(F)(F)F)cc3nc(=N)c2N1.Cl. The number of halogens is 4. The monoisotopic (exact) mass is 364 g/mol. The zero-order valence-corrected chi connectivity index (χ0v) is 13.6. The number of nitrogens with zero attached hydrogens (tertiary/aromatic N) is 3. The number of anilines is 2. The number of hydrogen-bond donors (Lipinski definition) is 4. The molecule has 1 aliphatic rings. The molecule has 24 heavy (non-hydrogen) atoms. The topological polar surface area (TPSA) is 97.2 Å². The highest BCUT2D eigenvalue weighted by Gasteiger charge is 2.30. The molecular formula is C13H16ClF3N6O. The molecule has 0 radical (unpaired) electrons. The lowest BCUT2D eigenvalue weighted by molar-refractivity contribution is -0.137. The molecule has 0 spiro atoms. The van der Waals surface area contributed by atoms with Crippen molar-refractivity contribution in [3.8, 4) is 0 Å². The van der Waals surface area contributed by atoms with Crippen molar-refractivity contribution in [3.05, 3.63) is 29.3 Å². The van der Waals surface area contributed by atoms with Crippen molar-refractivity contribution in [2.24, 2.45) is 0 Å². The Bertz CT molecular complexity index is 786. The zero-order chi connectivity index (χ0) is 17.2. The quantitative estimate of drug-likeness (QED) is 0.572. The van der Waals surface area contributed by atoms with Crippen molar-refractivity contribution < 1.29 is 18.3 Å².